The molecule has 2 amide bonds. The zero-order chi connectivity index (χ0) is 16.2. The lowest BCUT2D eigenvalue weighted by Crippen LogP contribution is -2.31. The van der Waals surface area contributed by atoms with Crippen molar-refractivity contribution >= 4 is 28.6 Å². The molecule has 0 heterocycles. The topological polar surface area (TPSA) is 55.1 Å². The molecule has 3 rings (SSSR count). The normalized spacial score (nSPS) is 12.0. The third-order valence-corrected chi connectivity index (χ3v) is 4.79. The molecule has 0 aliphatic rings. The summed E-state index contributed by atoms with van der Waals surface area (Å²) < 4.78 is 0. The van der Waals surface area contributed by atoms with E-state index in [1.807, 2.05) is 18.2 Å². The van der Waals surface area contributed by atoms with Gasteiger partial charge in [0, 0.05) is 4.90 Å². The van der Waals surface area contributed by atoms with Gasteiger partial charge in [-0.2, -0.15) is 0 Å². The summed E-state index contributed by atoms with van der Waals surface area (Å²) >= 11 is 1.58. The highest BCUT2D eigenvalue weighted by molar-refractivity contribution is 7.99. The molecule has 0 aliphatic heterocycles. The maximum absolute atomic E-state index is 11.4. The summed E-state index contributed by atoms with van der Waals surface area (Å²) in [6.45, 7) is 2.05. The summed E-state index contributed by atoms with van der Waals surface area (Å²) in [7, 11) is 0. The molecule has 23 heavy (non-hydrogen) atoms. The molecule has 4 heteroatoms. The van der Waals surface area contributed by atoms with Gasteiger partial charge in [-0.05, 0) is 41.5 Å². The van der Waals surface area contributed by atoms with Gasteiger partial charge in [0.2, 0.25) is 0 Å². The Bertz CT molecular complexity index is 830. The van der Waals surface area contributed by atoms with Crippen LogP contribution in [0.25, 0.3) is 10.8 Å². The van der Waals surface area contributed by atoms with E-state index in [4.69, 9.17) is 5.73 Å². The first-order valence-electron chi connectivity index (χ1n) is 7.40. The largest absolute Gasteiger partial charge is 0.352 e. The van der Waals surface area contributed by atoms with Gasteiger partial charge in [0.25, 0.3) is 0 Å². The number of rotatable bonds is 4. The number of amides is 2. The van der Waals surface area contributed by atoms with E-state index in [0.717, 1.165) is 15.8 Å². The first kappa shape index (κ1) is 15.4. The Labute approximate surface area is 139 Å². The molecule has 3 aromatic carbocycles. The van der Waals surface area contributed by atoms with E-state index in [1.165, 1.54) is 10.9 Å². The van der Waals surface area contributed by atoms with Crippen molar-refractivity contribution in [3.05, 3.63) is 77.9 Å². The number of hydrogen-bond acceptors (Lipinski definition) is 2. The zero-order valence-electron chi connectivity index (χ0n) is 12.8. The van der Waals surface area contributed by atoms with E-state index in [1.54, 1.807) is 11.8 Å². The van der Waals surface area contributed by atoms with Crippen LogP contribution in [0.3, 0.4) is 0 Å². The SMILES string of the molecule is Cc1ccc(SC(NC(N)=O)c2ccc3ccccc3c2)cc1. The number of nitrogens with one attached hydrogen (secondary N) is 1. The minimum Gasteiger partial charge on any atom is -0.352 e. The number of primary amides is 1. The second kappa shape index (κ2) is 6.75. The number of aryl methyl sites for hydroxylation is 1. The van der Waals surface area contributed by atoms with Gasteiger partial charge >= 0.3 is 6.03 Å². The minimum atomic E-state index is -0.525. The molecule has 0 aliphatic carbocycles. The molecule has 116 valence electrons. The third-order valence-electron chi connectivity index (χ3n) is 3.62. The monoisotopic (exact) mass is 322 g/mol. The highest BCUT2D eigenvalue weighted by Crippen LogP contribution is 2.34. The van der Waals surface area contributed by atoms with Crippen molar-refractivity contribution in [2.45, 2.75) is 17.2 Å². The summed E-state index contributed by atoms with van der Waals surface area (Å²) in [6.07, 6.45) is 0. The molecule has 0 fully saturated rings. The van der Waals surface area contributed by atoms with Crippen LogP contribution in [-0.4, -0.2) is 6.03 Å². The van der Waals surface area contributed by atoms with Gasteiger partial charge in [-0.3, -0.25) is 0 Å². The quantitative estimate of drug-likeness (QED) is 0.544. The Hall–Kier alpha value is -2.46. The molecule has 1 atom stereocenters. The highest BCUT2D eigenvalue weighted by atomic mass is 32.2. The predicted molar refractivity (Wildman–Crippen MR) is 96.4 cm³/mol. The van der Waals surface area contributed by atoms with Crippen molar-refractivity contribution in [1.82, 2.24) is 5.32 Å². The van der Waals surface area contributed by atoms with Gasteiger partial charge < -0.3 is 11.1 Å². The van der Waals surface area contributed by atoms with Gasteiger partial charge in [-0.25, -0.2) is 4.79 Å². The van der Waals surface area contributed by atoms with Crippen molar-refractivity contribution in [1.29, 1.82) is 0 Å². The molecular weight excluding hydrogens is 304 g/mol. The van der Waals surface area contributed by atoms with Gasteiger partial charge in [0.05, 0.1) is 0 Å². The van der Waals surface area contributed by atoms with Crippen molar-refractivity contribution in [2.24, 2.45) is 5.73 Å². The summed E-state index contributed by atoms with van der Waals surface area (Å²) in [5.74, 6) is 0. The lowest BCUT2D eigenvalue weighted by molar-refractivity contribution is 0.248. The van der Waals surface area contributed by atoms with Crippen LogP contribution in [0.4, 0.5) is 4.79 Å². The fourth-order valence-corrected chi connectivity index (χ4v) is 3.46. The number of nitrogens with two attached hydrogens (primary N) is 1. The predicted octanol–water partition coefficient (Wildman–Crippen LogP) is 4.61. The summed E-state index contributed by atoms with van der Waals surface area (Å²) in [6, 6.07) is 22.1. The van der Waals surface area contributed by atoms with E-state index in [0.29, 0.717) is 0 Å². The zero-order valence-corrected chi connectivity index (χ0v) is 13.6. The number of carbonyl (C=O) groups excluding carboxylic acids is 1. The number of hydrogen-bond donors (Lipinski definition) is 2. The van der Waals surface area contributed by atoms with Gasteiger partial charge in [-0.1, -0.05) is 65.9 Å². The summed E-state index contributed by atoms with van der Waals surface area (Å²) in [5, 5.41) is 4.92. The molecular formula is C19H18N2OS. The van der Waals surface area contributed by atoms with E-state index in [2.05, 4.69) is 60.8 Å². The second-order valence-corrected chi connectivity index (χ2v) is 6.60. The Balaban J connectivity index is 1.93. The standard InChI is InChI=1S/C19H18N2OS/c1-13-6-10-17(11-7-13)23-18(21-19(20)22)16-9-8-14-4-2-3-5-15(14)12-16/h2-12,18H,1H3,(H3,20,21,22). The Morgan fingerprint density at radius 1 is 1.00 bits per heavy atom. The molecule has 3 aromatic rings. The maximum Gasteiger partial charge on any atom is 0.313 e. The van der Waals surface area contributed by atoms with Crippen LogP contribution in [0.15, 0.2) is 71.6 Å². The van der Waals surface area contributed by atoms with Crippen LogP contribution in [0.1, 0.15) is 16.5 Å². The average molecular weight is 322 g/mol. The van der Waals surface area contributed by atoms with Gasteiger partial charge in [-0.15, -0.1) is 0 Å². The molecule has 0 saturated carbocycles. The van der Waals surface area contributed by atoms with Crippen LogP contribution in [0, 0.1) is 6.92 Å². The molecule has 3 N–H and O–H groups in total. The van der Waals surface area contributed by atoms with Crippen molar-refractivity contribution in [2.75, 3.05) is 0 Å². The van der Waals surface area contributed by atoms with Gasteiger partial charge in [0.1, 0.15) is 5.37 Å². The minimum absolute atomic E-state index is 0.222. The lowest BCUT2D eigenvalue weighted by atomic mass is 10.1. The van der Waals surface area contributed by atoms with E-state index >= 15 is 0 Å². The highest BCUT2D eigenvalue weighted by Gasteiger charge is 2.15. The average Bonchev–Trinajstić information content (AvgIpc) is 2.55. The van der Waals surface area contributed by atoms with Crippen LogP contribution < -0.4 is 11.1 Å². The fraction of sp³-hybridized carbons (Fsp3) is 0.105. The number of thioether (sulfide) groups is 1. The second-order valence-electron chi connectivity index (χ2n) is 5.43. The molecule has 0 saturated heterocycles. The first-order chi connectivity index (χ1) is 11.1. The molecule has 0 radical (unpaired) electrons. The number of carbonyl (C=O) groups is 1. The summed E-state index contributed by atoms with van der Waals surface area (Å²) in [5.41, 5.74) is 7.59. The fourth-order valence-electron chi connectivity index (χ4n) is 2.43. The van der Waals surface area contributed by atoms with Crippen LogP contribution in [0.5, 0.6) is 0 Å². The Morgan fingerprint density at radius 2 is 1.70 bits per heavy atom. The van der Waals surface area contributed by atoms with Gasteiger partial charge in [0.15, 0.2) is 0 Å². The molecule has 0 spiro atoms. The van der Waals surface area contributed by atoms with Crippen molar-refractivity contribution in [3.63, 3.8) is 0 Å². The number of benzene rings is 3. The lowest BCUT2D eigenvalue weighted by Gasteiger charge is -2.18. The number of fused-ring (bicyclic) bond motifs is 1. The van der Waals surface area contributed by atoms with E-state index in [9.17, 15) is 4.79 Å². The summed E-state index contributed by atoms with van der Waals surface area (Å²) in [4.78, 5) is 12.5. The molecule has 1 unspecified atom stereocenters. The van der Waals surface area contributed by atoms with E-state index in [-0.39, 0.29) is 5.37 Å². The first-order valence-corrected chi connectivity index (χ1v) is 8.28. The third kappa shape index (κ3) is 3.85. The Kier molecular flexibility index (Phi) is 4.53. The molecule has 3 nitrogen and oxygen atoms in total. The van der Waals surface area contributed by atoms with Crippen LogP contribution in [-0.2, 0) is 0 Å². The molecule has 0 aromatic heterocycles. The van der Waals surface area contributed by atoms with Crippen LogP contribution >= 0.6 is 11.8 Å². The van der Waals surface area contributed by atoms with E-state index < -0.39 is 6.03 Å². The maximum atomic E-state index is 11.4. The Morgan fingerprint density at radius 3 is 2.39 bits per heavy atom. The molecule has 0 bridgehead atoms. The van der Waals surface area contributed by atoms with Crippen LogP contribution in [0.2, 0.25) is 0 Å². The van der Waals surface area contributed by atoms with Crippen molar-refractivity contribution < 1.29 is 4.79 Å². The smallest absolute Gasteiger partial charge is 0.313 e. The van der Waals surface area contributed by atoms with Crippen molar-refractivity contribution in [3.8, 4) is 0 Å². The number of urea groups is 1.